The summed E-state index contributed by atoms with van der Waals surface area (Å²) in [6.07, 6.45) is 1.42. The number of amides is 2. The Kier molecular flexibility index (Phi) is 8.56. The van der Waals surface area contributed by atoms with E-state index >= 15 is 0 Å². The van der Waals surface area contributed by atoms with Gasteiger partial charge in [0.2, 0.25) is 6.61 Å². The van der Waals surface area contributed by atoms with E-state index in [1.807, 2.05) is 0 Å². The maximum Gasteiger partial charge on any atom is 0.352 e. The molecule has 0 aliphatic carbocycles. The van der Waals surface area contributed by atoms with Crippen LogP contribution in [0.25, 0.3) is 5.65 Å². The summed E-state index contributed by atoms with van der Waals surface area (Å²) < 4.78 is 19.9. The molecule has 2 amide bonds. The Bertz CT molecular complexity index is 1680. The van der Waals surface area contributed by atoms with E-state index in [4.69, 9.17) is 9.57 Å². The van der Waals surface area contributed by atoms with E-state index in [1.165, 1.54) is 44.8 Å². The van der Waals surface area contributed by atoms with Crippen LogP contribution in [-0.4, -0.2) is 104 Å². The van der Waals surface area contributed by atoms with E-state index in [9.17, 15) is 28.5 Å². The normalized spacial score (nSPS) is 20.4. The number of rotatable bonds is 10. The summed E-state index contributed by atoms with van der Waals surface area (Å²) in [4.78, 5) is 60.6. The highest BCUT2D eigenvalue weighted by molar-refractivity contribution is 7.99. The number of carboxylic acid groups (broad SMARTS) is 1. The highest BCUT2D eigenvalue weighted by atomic mass is 32.2. The Hall–Kier alpha value is -4.23. The third-order valence-electron chi connectivity index (χ3n) is 5.87. The summed E-state index contributed by atoms with van der Waals surface area (Å²) in [5.74, 6) is -3.73. The number of thioether (sulfide) groups is 1. The first-order valence-electron chi connectivity index (χ1n) is 12.5. The lowest BCUT2D eigenvalue weighted by Crippen LogP contribution is -2.74. The third kappa shape index (κ3) is 6.57. The number of hydrogen-bond acceptors (Lipinski definition) is 14. The average Bonchev–Trinajstić information content (AvgIpc) is 3.63. The van der Waals surface area contributed by atoms with Crippen LogP contribution in [0.15, 0.2) is 50.8 Å². The molecule has 5 rings (SSSR count). The predicted octanol–water partition coefficient (Wildman–Crippen LogP) is 0.190. The Morgan fingerprint density at radius 1 is 1.30 bits per heavy atom. The number of carbonyl (C=O) groups is 4. The quantitative estimate of drug-likeness (QED) is 0.0991. The standard InChI is InChI=1S/C24H24N8O8S3/c1-24(2,3)40-16(33)6-39-30-17(13-8-41-11-25-13)20(34)27-18-21(35)32-19(23(36)37)12(9-43(38)22(18)32)7-42-15-5-4-14-28-26-10-31(14)29-15/h4-5,8,10-11,18,22H,6-7,9H2,1-3H3,(H,27,34)(H,36,37)/t18?,22-,43?/m0/s1. The maximum atomic E-state index is 13.3. The van der Waals surface area contributed by atoms with Gasteiger partial charge in [0.1, 0.15) is 39.8 Å². The summed E-state index contributed by atoms with van der Waals surface area (Å²) in [5.41, 5.74) is 1.01. The molecule has 43 heavy (non-hydrogen) atoms. The van der Waals surface area contributed by atoms with E-state index in [1.54, 1.807) is 32.9 Å². The van der Waals surface area contributed by atoms with E-state index in [0.29, 0.717) is 10.7 Å². The molecule has 3 atom stereocenters. The lowest BCUT2D eigenvalue weighted by atomic mass is 10.0. The second-order valence-corrected chi connectivity index (χ2v) is 13.3. The summed E-state index contributed by atoms with van der Waals surface area (Å²) in [6.45, 7) is 4.46. The van der Waals surface area contributed by atoms with Gasteiger partial charge in [0.05, 0.1) is 22.1 Å². The van der Waals surface area contributed by atoms with Crippen molar-refractivity contribution in [3.05, 3.63) is 46.3 Å². The number of ether oxygens (including phenoxy) is 1. The molecule has 3 aromatic heterocycles. The first-order chi connectivity index (χ1) is 20.4. The molecule has 2 N–H and O–H groups in total. The number of aromatic nitrogens is 5. The average molecular weight is 649 g/mol. The largest absolute Gasteiger partial charge is 0.477 e. The number of hydrogen-bond donors (Lipinski definition) is 2. The van der Waals surface area contributed by atoms with Gasteiger partial charge in [-0.05, 0) is 38.5 Å². The van der Waals surface area contributed by atoms with Gasteiger partial charge in [0.25, 0.3) is 11.8 Å². The van der Waals surface area contributed by atoms with E-state index in [0.717, 1.165) is 4.90 Å². The van der Waals surface area contributed by atoms with Crippen molar-refractivity contribution in [3.8, 4) is 0 Å². The number of esters is 1. The summed E-state index contributed by atoms with van der Waals surface area (Å²) in [5, 5.41) is 29.1. The van der Waals surface area contributed by atoms with E-state index < -0.39 is 58.2 Å². The van der Waals surface area contributed by atoms with Crippen molar-refractivity contribution >= 4 is 69.0 Å². The van der Waals surface area contributed by atoms with Crippen LogP contribution in [0, 0.1) is 0 Å². The molecule has 0 spiro atoms. The predicted molar refractivity (Wildman–Crippen MR) is 152 cm³/mol. The third-order valence-corrected chi connectivity index (χ3v) is 9.12. The van der Waals surface area contributed by atoms with E-state index in [-0.39, 0.29) is 34.2 Å². The molecule has 5 heterocycles. The van der Waals surface area contributed by atoms with Gasteiger partial charge in [0.15, 0.2) is 11.4 Å². The van der Waals surface area contributed by atoms with Crippen molar-refractivity contribution in [2.45, 2.75) is 42.8 Å². The number of β-lactam (4-membered cyclic amide) rings is 1. The molecule has 16 nitrogen and oxygen atoms in total. The van der Waals surface area contributed by atoms with Crippen LogP contribution < -0.4 is 5.32 Å². The molecule has 2 unspecified atom stereocenters. The maximum absolute atomic E-state index is 13.3. The molecular weight excluding hydrogens is 625 g/mol. The van der Waals surface area contributed by atoms with Crippen molar-refractivity contribution in [2.75, 3.05) is 18.1 Å². The molecular formula is C24H24N8O8S3. The van der Waals surface area contributed by atoms with Gasteiger partial charge in [-0.15, -0.1) is 33.3 Å². The zero-order chi connectivity index (χ0) is 30.9. The lowest BCUT2D eigenvalue weighted by Gasteiger charge is -2.49. The minimum Gasteiger partial charge on any atom is -0.477 e. The molecule has 2 aliphatic rings. The highest BCUT2D eigenvalue weighted by Crippen LogP contribution is 2.36. The van der Waals surface area contributed by atoms with Crippen LogP contribution in [0.5, 0.6) is 0 Å². The topological polar surface area (TPSA) is 208 Å². The molecule has 226 valence electrons. The Labute approximate surface area is 254 Å². The number of thiazole rings is 1. The lowest BCUT2D eigenvalue weighted by molar-refractivity contribution is -0.160. The Morgan fingerprint density at radius 3 is 2.79 bits per heavy atom. The van der Waals surface area contributed by atoms with Gasteiger partial charge in [-0.2, -0.15) is 9.61 Å². The van der Waals surface area contributed by atoms with Crippen molar-refractivity contribution in [3.63, 3.8) is 0 Å². The molecule has 1 saturated heterocycles. The van der Waals surface area contributed by atoms with Gasteiger partial charge in [-0.25, -0.2) is 14.6 Å². The van der Waals surface area contributed by atoms with Gasteiger partial charge < -0.3 is 20.0 Å². The molecule has 0 saturated carbocycles. The number of fused-ring (bicyclic) bond motifs is 2. The fourth-order valence-corrected chi connectivity index (χ4v) is 7.40. The highest BCUT2D eigenvalue weighted by Gasteiger charge is 2.57. The first-order valence-corrected chi connectivity index (χ1v) is 15.8. The zero-order valence-electron chi connectivity index (χ0n) is 22.8. The molecule has 0 bridgehead atoms. The molecule has 2 aliphatic heterocycles. The van der Waals surface area contributed by atoms with Crippen molar-refractivity contribution in [1.82, 2.24) is 35.0 Å². The zero-order valence-corrected chi connectivity index (χ0v) is 25.3. The van der Waals surface area contributed by atoms with Gasteiger partial charge in [-0.1, -0.05) is 5.16 Å². The van der Waals surface area contributed by atoms with Crippen LogP contribution >= 0.6 is 23.1 Å². The molecule has 0 aromatic carbocycles. The van der Waals surface area contributed by atoms with Crippen LogP contribution in [-0.2, 0) is 39.6 Å². The summed E-state index contributed by atoms with van der Waals surface area (Å²) >= 11 is 2.37. The van der Waals surface area contributed by atoms with Crippen LogP contribution in [0.4, 0.5) is 0 Å². The second kappa shape index (κ2) is 12.2. The SMILES string of the molecule is CC(C)(C)OC(=O)CON=C(C(=O)NC1C(=O)N2C(C(=O)O)=C(CSc3ccc4nncn4n3)CS(=O)[C@@H]12)c1cscn1. The fraction of sp³-hybridized carbons (Fsp3) is 0.375. The molecule has 1 fully saturated rings. The molecule has 3 aromatic rings. The van der Waals surface area contributed by atoms with Crippen molar-refractivity contribution in [1.29, 1.82) is 0 Å². The second-order valence-electron chi connectivity index (χ2n) is 10.1. The van der Waals surface area contributed by atoms with Crippen molar-refractivity contribution < 1.29 is 38.1 Å². The minimum atomic E-state index is -1.74. The smallest absolute Gasteiger partial charge is 0.352 e. The summed E-state index contributed by atoms with van der Waals surface area (Å²) in [6, 6.07) is 2.10. The van der Waals surface area contributed by atoms with Crippen LogP contribution in [0.1, 0.15) is 26.5 Å². The number of carbonyl (C=O) groups excluding carboxylic acids is 3. The summed E-state index contributed by atoms with van der Waals surface area (Å²) in [7, 11) is -1.74. The minimum absolute atomic E-state index is 0.108. The van der Waals surface area contributed by atoms with Crippen LogP contribution in [0.2, 0.25) is 0 Å². The van der Waals surface area contributed by atoms with Crippen molar-refractivity contribution in [2.24, 2.45) is 5.16 Å². The Balaban J connectivity index is 1.30. The molecule has 0 radical (unpaired) electrons. The number of aliphatic carboxylic acids is 1. The first kappa shape index (κ1) is 30.2. The number of nitrogens with one attached hydrogen (secondary N) is 1. The van der Waals surface area contributed by atoms with Crippen LogP contribution in [0.3, 0.4) is 0 Å². The number of carboxylic acids is 1. The monoisotopic (exact) mass is 648 g/mol. The number of oxime groups is 1. The number of nitrogens with zero attached hydrogens (tertiary/aromatic N) is 7. The molecule has 19 heteroatoms. The van der Waals surface area contributed by atoms with Gasteiger partial charge in [0, 0.05) is 11.1 Å². The van der Waals surface area contributed by atoms with Gasteiger partial charge in [-0.3, -0.25) is 18.7 Å². The van der Waals surface area contributed by atoms with E-state index in [2.05, 4.69) is 30.8 Å². The van der Waals surface area contributed by atoms with Gasteiger partial charge >= 0.3 is 11.9 Å². The Morgan fingerprint density at radius 2 is 2.09 bits per heavy atom. The fourth-order valence-electron chi connectivity index (χ4n) is 4.18.